The number of rotatable bonds is 31. The maximum atomic E-state index is 11.4. The van der Waals surface area contributed by atoms with Crippen LogP contribution < -0.4 is 10.9 Å². The summed E-state index contributed by atoms with van der Waals surface area (Å²) in [6.07, 6.45) is 19.6. The van der Waals surface area contributed by atoms with Gasteiger partial charge in [-0.2, -0.15) is 0 Å². The minimum Gasteiger partial charge on any atom is -0.394 e. The lowest BCUT2D eigenvalue weighted by atomic mass is 9.86. The van der Waals surface area contributed by atoms with E-state index in [2.05, 4.69) is 17.8 Å². The first-order chi connectivity index (χ1) is 24.8. The van der Waals surface area contributed by atoms with Gasteiger partial charge in [-0.3, -0.25) is 10.9 Å². The first kappa shape index (κ1) is 45.0. The highest BCUT2D eigenvalue weighted by atomic mass is 16.7. The van der Waals surface area contributed by atoms with Gasteiger partial charge in [0.1, 0.15) is 24.4 Å². The van der Waals surface area contributed by atoms with Gasteiger partial charge in [-0.1, -0.05) is 135 Å². The zero-order valence-electron chi connectivity index (χ0n) is 32.1. The van der Waals surface area contributed by atoms with Crippen LogP contribution in [0.5, 0.6) is 0 Å². The molecule has 0 aromatic heterocycles. The molecule has 0 aromatic carbocycles. The molecule has 0 spiro atoms. The molecule has 0 bridgehead atoms. The zero-order valence-corrected chi connectivity index (χ0v) is 32.1. The number of ether oxygens (including phenoxy) is 3. The van der Waals surface area contributed by atoms with Crippen molar-refractivity contribution in [1.82, 2.24) is 10.9 Å². The molecule has 3 aliphatic heterocycles. The maximum Gasteiger partial charge on any atom is 0.186 e. The van der Waals surface area contributed by atoms with Crippen LogP contribution in [-0.2, 0) is 14.2 Å². The van der Waals surface area contributed by atoms with E-state index in [9.17, 15) is 30.6 Å². The Bertz CT molecular complexity index is 838. The minimum atomic E-state index is -1.54. The van der Waals surface area contributed by atoms with E-state index in [1.54, 1.807) is 0 Å². The predicted octanol–water partition coefficient (Wildman–Crippen LogP) is 5.01. The van der Waals surface area contributed by atoms with Crippen LogP contribution in [0.3, 0.4) is 0 Å². The normalized spacial score (nSPS) is 28.9. The average molecular weight is 731 g/mol. The molecule has 3 fully saturated rings. The Morgan fingerprint density at radius 2 is 1.22 bits per heavy atom. The van der Waals surface area contributed by atoms with Gasteiger partial charge in [-0.15, -0.1) is 0 Å². The van der Waals surface area contributed by atoms with E-state index in [1.807, 2.05) is 0 Å². The summed E-state index contributed by atoms with van der Waals surface area (Å²) in [6.45, 7) is 3.59. The molecule has 0 saturated carbocycles. The molecule has 11 nitrogen and oxygen atoms in total. The van der Waals surface area contributed by atoms with Gasteiger partial charge in [0.25, 0.3) is 0 Å². The van der Waals surface area contributed by atoms with E-state index in [-0.39, 0.29) is 18.7 Å². The van der Waals surface area contributed by atoms with Crippen molar-refractivity contribution in [3.8, 4) is 0 Å². The second-order valence-corrected chi connectivity index (χ2v) is 16.1. The molecule has 0 aliphatic carbocycles. The van der Waals surface area contributed by atoms with Crippen molar-refractivity contribution in [3.05, 3.63) is 0 Å². The molecule has 0 aromatic rings. The summed E-state index contributed by atoms with van der Waals surface area (Å²) in [7, 11) is 0. The van der Waals surface area contributed by atoms with Crippen molar-refractivity contribution in [2.24, 2.45) is 11.8 Å². The van der Waals surface area contributed by atoms with Crippen LogP contribution >= 0.6 is 0 Å². The highest BCUT2D eigenvalue weighted by molar-refractivity contribution is 4.93. The summed E-state index contributed by atoms with van der Waals surface area (Å²) in [5.74, 6) is 0.296. The average Bonchev–Trinajstić information content (AvgIpc) is 3.58. The third kappa shape index (κ3) is 17.3. The first-order valence-corrected chi connectivity index (χ1v) is 21.2. The fraction of sp³-hybridized carbons (Fsp3) is 1.00. The Labute approximate surface area is 309 Å². The molecule has 0 amide bonds. The topological polar surface area (TPSA) is 173 Å². The third-order valence-corrected chi connectivity index (χ3v) is 11.6. The number of hydrazine groups is 1. The summed E-state index contributed by atoms with van der Waals surface area (Å²) >= 11 is 0. The molecule has 3 heterocycles. The fourth-order valence-corrected chi connectivity index (χ4v) is 7.97. The van der Waals surface area contributed by atoms with Crippen molar-refractivity contribution < 1.29 is 44.8 Å². The second-order valence-electron chi connectivity index (χ2n) is 16.1. The SMILES string of the molecule is CCCCCCCCCCCCCC[C@@H](O)[C@@H](O)[C@H](COC1OC(CO)C(O)C(O)C1O)C1CC(CCCCCCCCCCC2COC2)NN1. The molecule has 7 unspecified atom stereocenters. The minimum absolute atomic E-state index is 0.0418. The monoisotopic (exact) mass is 731 g/mol. The van der Waals surface area contributed by atoms with Gasteiger partial charge >= 0.3 is 0 Å². The molecule has 3 aliphatic rings. The smallest absolute Gasteiger partial charge is 0.186 e. The van der Waals surface area contributed by atoms with Gasteiger partial charge in [0.15, 0.2) is 6.29 Å². The lowest BCUT2D eigenvalue weighted by molar-refractivity contribution is -0.305. The van der Waals surface area contributed by atoms with Crippen LogP contribution in [0.1, 0.15) is 161 Å². The van der Waals surface area contributed by atoms with Gasteiger partial charge in [-0.05, 0) is 25.7 Å². The van der Waals surface area contributed by atoms with Crippen molar-refractivity contribution in [1.29, 1.82) is 0 Å². The summed E-state index contributed by atoms with van der Waals surface area (Å²) in [4.78, 5) is 0. The van der Waals surface area contributed by atoms with Crippen molar-refractivity contribution in [2.75, 3.05) is 26.4 Å². The van der Waals surface area contributed by atoms with Gasteiger partial charge in [-0.25, -0.2) is 0 Å². The summed E-state index contributed by atoms with van der Waals surface area (Å²) in [6, 6.07) is 0.0546. The molecular formula is C40H78N2O9. The van der Waals surface area contributed by atoms with Crippen LogP contribution in [0.4, 0.5) is 0 Å². The lowest BCUT2D eigenvalue weighted by Crippen LogP contribution is -2.59. The summed E-state index contributed by atoms with van der Waals surface area (Å²) < 4.78 is 16.8. The Hall–Kier alpha value is -0.440. The van der Waals surface area contributed by atoms with Crippen molar-refractivity contribution >= 4 is 0 Å². The number of hydrogen-bond acceptors (Lipinski definition) is 11. The van der Waals surface area contributed by atoms with Crippen LogP contribution in [0.15, 0.2) is 0 Å². The van der Waals surface area contributed by atoms with Gasteiger partial charge in [0, 0.05) is 23.9 Å². The Balaban J connectivity index is 1.37. The molecule has 3 saturated heterocycles. The van der Waals surface area contributed by atoms with E-state index in [1.165, 1.54) is 109 Å². The van der Waals surface area contributed by atoms with Gasteiger partial charge < -0.3 is 44.8 Å². The Kier molecular flexibility index (Phi) is 24.0. The molecular weight excluding hydrogens is 652 g/mol. The number of aliphatic hydroxyl groups is 6. The van der Waals surface area contributed by atoms with E-state index in [0.29, 0.717) is 6.42 Å². The number of aliphatic hydroxyl groups excluding tert-OH is 6. The van der Waals surface area contributed by atoms with Crippen molar-refractivity contribution in [2.45, 2.75) is 216 Å². The fourth-order valence-electron chi connectivity index (χ4n) is 7.97. The highest BCUT2D eigenvalue weighted by Gasteiger charge is 2.45. The third-order valence-electron chi connectivity index (χ3n) is 11.6. The number of unbranched alkanes of at least 4 members (excludes halogenated alkanes) is 18. The van der Waals surface area contributed by atoms with Gasteiger partial charge in [0.05, 0.1) is 38.6 Å². The number of nitrogens with one attached hydrogen (secondary N) is 2. The predicted molar refractivity (Wildman–Crippen MR) is 200 cm³/mol. The van der Waals surface area contributed by atoms with Gasteiger partial charge in [0.2, 0.25) is 0 Å². The zero-order chi connectivity index (χ0) is 36.7. The summed E-state index contributed by atoms with van der Waals surface area (Å²) in [5.41, 5.74) is 6.75. The molecule has 11 heteroatoms. The van der Waals surface area contributed by atoms with Crippen LogP contribution in [0, 0.1) is 11.8 Å². The lowest BCUT2D eigenvalue weighted by Gasteiger charge is -2.40. The van der Waals surface area contributed by atoms with E-state index in [0.717, 1.165) is 57.7 Å². The van der Waals surface area contributed by atoms with E-state index in [4.69, 9.17) is 14.2 Å². The Morgan fingerprint density at radius 1 is 0.667 bits per heavy atom. The van der Waals surface area contributed by atoms with E-state index < -0.39 is 55.4 Å². The maximum absolute atomic E-state index is 11.4. The molecule has 10 atom stereocenters. The van der Waals surface area contributed by atoms with Crippen LogP contribution in [-0.4, -0.2) is 112 Å². The second kappa shape index (κ2) is 27.2. The molecule has 3 rings (SSSR count). The first-order valence-electron chi connectivity index (χ1n) is 21.2. The Morgan fingerprint density at radius 3 is 1.76 bits per heavy atom. The molecule has 302 valence electrons. The molecule has 0 radical (unpaired) electrons. The van der Waals surface area contributed by atoms with E-state index >= 15 is 0 Å². The molecule has 8 N–H and O–H groups in total. The molecule has 51 heavy (non-hydrogen) atoms. The van der Waals surface area contributed by atoms with Crippen molar-refractivity contribution in [3.63, 3.8) is 0 Å². The standard InChI is InChI=1S/C40H78N2O9/c1-2-3-4-5-6-7-8-9-10-15-18-21-24-34(44)36(45)32(29-50-40-39(48)38(47)37(46)35(26-43)51-40)33-25-31(41-42-33)23-20-17-14-12-11-13-16-19-22-30-27-49-28-30/h30-48H,2-29H2,1H3/t31?,32-,33?,34-,35?,36+,37?,38?,39?,40?/m1/s1. The number of hydrogen-bond donors (Lipinski definition) is 8. The van der Waals surface area contributed by atoms with Crippen LogP contribution in [0.2, 0.25) is 0 Å². The van der Waals surface area contributed by atoms with Crippen LogP contribution in [0.25, 0.3) is 0 Å². The quantitative estimate of drug-likeness (QED) is 0.0451. The largest absolute Gasteiger partial charge is 0.394 e. The highest BCUT2D eigenvalue weighted by Crippen LogP contribution is 2.28. The summed E-state index contributed by atoms with van der Waals surface area (Å²) in [5, 5.41) is 63.1.